The van der Waals surface area contributed by atoms with Crippen LogP contribution in [0.2, 0.25) is 0 Å². The second kappa shape index (κ2) is 2.28. The first-order valence-corrected chi connectivity index (χ1v) is 2.79. The molecule has 0 aromatic rings. The molecule has 2 N–H and O–H groups in total. The normalized spacial score (nSPS) is 27.1. The monoisotopic (exact) mass is 133 g/mol. The molecule has 0 saturated carbocycles. The molecule has 1 aliphatic heterocycles. The van der Waals surface area contributed by atoms with Crippen LogP contribution in [0.4, 0.5) is 0 Å². The summed E-state index contributed by atoms with van der Waals surface area (Å²) in [6.45, 7) is 0.669. The van der Waals surface area contributed by atoms with E-state index in [4.69, 9.17) is 9.84 Å². The van der Waals surface area contributed by atoms with Gasteiger partial charge in [-0.15, -0.1) is 0 Å². The largest absolute Gasteiger partial charge is 0.463 e. The minimum Gasteiger partial charge on any atom is -0.463 e. The van der Waals surface area contributed by atoms with Gasteiger partial charge in [-0.05, 0) is 12.2 Å². The maximum Gasteiger partial charge on any atom is 0.257 e. The van der Waals surface area contributed by atoms with Gasteiger partial charge in [0.1, 0.15) is 6.10 Å². The van der Waals surface area contributed by atoms with Crippen molar-refractivity contribution in [2.75, 3.05) is 13.2 Å². The van der Waals surface area contributed by atoms with Crippen LogP contribution in [-0.2, 0) is 4.74 Å². The number of aliphatic hydroxyl groups is 1. The van der Waals surface area contributed by atoms with E-state index in [2.05, 4.69) is 17.5 Å². The third kappa shape index (κ3) is 1.08. The summed E-state index contributed by atoms with van der Waals surface area (Å²) in [6.07, 6.45) is -0.123. The smallest absolute Gasteiger partial charge is 0.257 e. The quantitative estimate of drug-likeness (QED) is 0.462. The molecular weight excluding hydrogens is 126 g/mol. The van der Waals surface area contributed by atoms with Crippen LogP contribution in [-0.4, -0.2) is 29.5 Å². The number of aliphatic hydroxyl groups excluding tert-OH is 1. The molecule has 46 valence electrons. The van der Waals surface area contributed by atoms with Gasteiger partial charge >= 0.3 is 0 Å². The van der Waals surface area contributed by atoms with Crippen molar-refractivity contribution in [1.29, 1.82) is 0 Å². The standard InChI is InChI=1S/C4H7NO2S/c6-2-3-1-5-4(8)7-3/h3,6H,1-2H2,(H,5,8). The Labute approximate surface area is 52.6 Å². The lowest BCUT2D eigenvalue weighted by molar-refractivity contribution is 0.136. The van der Waals surface area contributed by atoms with Gasteiger partial charge in [0.15, 0.2) is 0 Å². The Hall–Kier alpha value is -0.350. The van der Waals surface area contributed by atoms with E-state index in [0.717, 1.165) is 0 Å². The Bertz CT molecular complexity index is 106. The Morgan fingerprint density at radius 2 is 2.75 bits per heavy atom. The van der Waals surface area contributed by atoms with Gasteiger partial charge in [0.2, 0.25) is 0 Å². The van der Waals surface area contributed by atoms with Crippen LogP contribution in [0.5, 0.6) is 0 Å². The summed E-state index contributed by atoms with van der Waals surface area (Å²) in [4.78, 5) is 0. The topological polar surface area (TPSA) is 41.5 Å². The molecule has 8 heavy (non-hydrogen) atoms. The van der Waals surface area contributed by atoms with Crippen LogP contribution in [0.3, 0.4) is 0 Å². The molecule has 1 rings (SSSR count). The zero-order valence-electron chi connectivity index (χ0n) is 4.26. The first-order valence-electron chi connectivity index (χ1n) is 2.38. The van der Waals surface area contributed by atoms with E-state index in [1.165, 1.54) is 0 Å². The van der Waals surface area contributed by atoms with E-state index in [9.17, 15) is 0 Å². The maximum absolute atomic E-state index is 8.46. The maximum atomic E-state index is 8.46. The number of hydrogen-bond donors (Lipinski definition) is 2. The van der Waals surface area contributed by atoms with E-state index in [-0.39, 0.29) is 12.7 Å². The number of rotatable bonds is 1. The molecule has 0 spiro atoms. The van der Waals surface area contributed by atoms with Crippen LogP contribution in [0, 0.1) is 0 Å². The van der Waals surface area contributed by atoms with Crippen LogP contribution in [0.25, 0.3) is 0 Å². The molecule has 1 unspecified atom stereocenters. The summed E-state index contributed by atoms with van der Waals surface area (Å²) in [5.74, 6) is 0. The highest BCUT2D eigenvalue weighted by molar-refractivity contribution is 7.80. The molecule has 0 bridgehead atoms. The van der Waals surface area contributed by atoms with Gasteiger partial charge < -0.3 is 15.2 Å². The van der Waals surface area contributed by atoms with E-state index >= 15 is 0 Å². The van der Waals surface area contributed by atoms with Crippen LogP contribution >= 0.6 is 12.2 Å². The zero-order chi connectivity index (χ0) is 5.98. The summed E-state index contributed by atoms with van der Waals surface area (Å²) in [5.41, 5.74) is 0. The number of thiocarbonyl (C=S) groups is 1. The van der Waals surface area contributed by atoms with Gasteiger partial charge in [-0.25, -0.2) is 0 Å². The lowest BCUT2D eigenvalue weighted by Crippen LogP contribution is -2.17. The fourth-order valence-corrected chi connectivity index (χ4v) is 0.753. The number of ether oxygens (including phenoxy) is 1. The summed E-state index contributed by atoms with van der Waals surface area (Å²) in [7, 11) is 0. The molecular formula is C4H7NO2S. The second-order valence-corrected chi connectivity index (χ2v) is 1.96. The van der Waals surface area contributed by atoms with Crippen molar-refractivity contribution in [3.8, 4) is 0 Å². The third-order valence-corrected chi connectivity index (χ3v) is 1.19. The first kappa shape index (κ1) is 5.78. The predicted molar refractivity (Wildman–Crippen MR) is 32.6 cm³/mol. The van der Waals surface area contributed by atoms with Gasteiger partial charge in [-0.1, -0.05) is 0 Å². The van der Waals surface area contributed by atoms with E-state index in [1.54, 1.807) is 0 Å². The van der Waals surface area contributed by atoms with E-state index in [0.29, 0.717) is 11.7 Å². The summed E-state index contributed by atoms with van der Waals surface area (Å²) < 4.78 is 4.88. The highest BCUT2D eigenvalue weighted by Crippen LogP contribution is 1.97. The number of nitrogens with one attached hydrogen (secondary N) is 1. The average molecular weight is 133 g/mol. The van der Waals surface area contributed by atoms with Crippen molar-refractivity contribution in [2.45, 2.75) is 6.10 Å². The molecule has 0 aromatic carbocycles. The molecule has 0 aromatic heterocycles. The van der Waals surface area contributed by atoms with Gasteiger partial charge in [0, 0.05) is 0 Å². The lowest BCUT2D eigenvalue weighted by atomic mass is 10.4. The molecule has 0 radical (unpaired) electrons. The molecule has 1 aliphatic rings. The van der Waals surface area contributed by atoms with Gasteiger partial charge in [-0.3, -0.25) is 0 Å². The van der Waals surface area contributed by atoms with Crippen molar-refractivity contribution in [3.05, 3.63) is 0 Å². The SMILES string of the molecule is OCC1CNC(=S)O1. The van der Waals surface area contributed by atoms with Crippen LogP contribution in [0.15, 0.2) is 0 Å². The Kier molecular flexibility index (Phi) is 1.65. The minimum absolute atomic E-state index is 0.0349. The van der Waals surface area contributed by atoms with Crippen LogP contribution < -0.4 is 5.32 Å². The van der Waals surface area contributed by atoms with Gasteiger partial charge in [-0.2, -0.15) is 0 Å². The molecule has 1 fully saturated rings. The van der Waals surface area contributed by atoms with Crippen molar-refractivity contribution in [2.24, 2.45) is 0 Å². The molecule has 1 atom stereocenters. The minimum atomic E-state index is -0.123. The van der Waals surface area contributed by atoms with Crippen molar-refractivity contribution in [1.82, 2.24) is 5.32 Å². The fraction of sp³-hybridized carbons (Fsp3) is 0.750. The average Bonchev–Trinajstić information content (AvgIpc) is 2.14. The molecule has 1 heterocycles. The first-order chi connectivity index (χ1) is 3.83. The van der Waals surface area contributed by atoms with Crippen molar-refractivity contribution >= 4 is 17.4 Å². The summed E-state index contributed by atoms with van der Waals surface area (Å²) in [6, 6.07) is 0. The fourth-order valence-electron chi connectivity index (χ4n) is 0.534. The Morgan fingerprint density at radius 1 is 2.00 bits per heavy atom. The third-order valence-electron chi connectivity index (χ3n) is 0.951. The lowest BCUT2D eigenvalue weighted by Gasteiger charge is -2.00. The zero-order valence-corrected chi connectivity index (χ0v) is 5.07. The van der Waals surface area contributed by atoms with Crippen LogP contribution in [0.1, 0.15) is 0 Å². The molecule has 1 saturated heterocycles. The second-order valence-electron chi connectivity index (χ2n) is 1.59. The van der Waals surface area contributed by atoms with Crippen molar-refractivity contribution in [3.63, 3.8) is 0 Å². The summed E-state index contributed by atoms with van der Waals surface area (Å²) >= 11 is 4.62. The predicted octanol–water partition coefficient (Wildman–Crippen LogP) is -0.748. The Morgan fingerprint density at radius 3 is 3.00 bits per heavy atom. The highest BCUT2D eigenvalue weighted by atomic mass is 32.1. The number of hydrogen-bond acceptors (Lipinski definition) is 3. The van der Waals surface area contributed by atoms with E-state index < -0.39 is 0 Å². The summed E-state index contributed by atoms with van der Waals surface area (Å²) in [5, 5.41) is 11.6. The van der Waals surface area contributed by atoms with Crippen molar-refractivity contribution < 1.29 is 9.84 Å². The molecule has 3 nitrogen and oxygen atoms in total. The highest BCUT2D eigenvalue weighted by Gasteiger charge is 2.17. The molecule has 4 heteroatoms. The molecule has 0 amide bonds. The van der Waals surface area contributed by atoms with E-state index in [1.807, 2.05) is 0 Å². The molecule has 0 aliphatic carbocycles. The van der Waals surface area contributed by atoms with Gasteiger partial charge in [0.05, 0.1) is 13.2 Å². The Balaban J connectivity index is 2.32. The van der Waals surface area contributed by atoms with Gasteiger partial charge in [0.25, 0.3) is 5.17 Å².